The fourth-order valence-electron chi connectivity index (χ4n) is 1.92. The molecule has 2 rings (SSSR count). The van der Waals surface area contributed by atoms with Crippen molar-refractivity contribution in [1.82, 2.24) is 9.29 Å². The molecule has 5 nitrogen and oxygen atoms in total. The maximum absolute atomic E-state index is 12.3. The van der Waals surface area contributed by atoms with Crippen molar-refractivity contribution in [3.05, 3.63) is 22.4 Å². The van der Waals surface area contributed by atoms with Crippen LogP contribution in [0.5, 0.6) is 0 Å². The van der Waals surface area contributed by atoms with Gasteiger partial charge >= 0.3 is 0 Å². The Hall–Kier alpha value is -0.870. The van der Waals surface area contributed by atoms with Crippen LogP contribution in [0.3, 0.4) is 0 Å². The quantitative estimate of drug-likeness (QED) is 0.784. The minimum atomic E-state index is -3.61. The standard InChI is InChI=1S/C11H11Cl2N3O2S/c12-10-5-9(7-15-11(10)13)19(17,18)16-3-1-8(6-14)2-4-16/h5,7-8H,1-4H2. The predicted molar refractivity (Wildman–Crippen MR) is 71.4 cm³/mol. The van der Waals surface area contributed by atoms with Gasteiger partial charge in [-0.1, -0.05) is 23.2 Å². The molecule has 0 spiro atoms. The van der Waals surface area contributed by atoms with E-state index in [1.54, 1.807) is 0 Å². The van der Waals surface area contributed by atoms with Crippen molar-refractivity contribution in [2.45, 2.75) is 17.7 Å². The molecule has 102 valence electrons. The number of aromatic nitrogens is 1. The van der Waals surface area contributed by atoms with Gasteiger partial charge in [0.1, 0.15) is 10.0 Å². The van der Waals surface area contributed by atoms with Gasteiger partial charge in [-0.05, 0) is 18.9 Å². The van der Waals surface area contributed by atoms with Crippen molar-refractivity contribution in [3.8, 4) is 6.07 Å². The van der Waals surface area contributed by atoms with Crippen LogP contribution in [0, 0.1) is 17.2 Å². The molecular weight excluding hydrogens is 309 g/mol. The molecule has 0 bridgehead atoms. The highest BCUT2D eigenvalue weighted by atomic mass is 35.5. The highest BCUT2D eigenvalue weighted by Gasteiger charge is 2.29. The predicted octanol–water partition coefficient (Wildman–Crippen LogP) is 2.31. The molecule has 8 heteroatoms. The van der Waals surface area contributed by atoms with Gasteiger partial charge in [0.25, 0.3) is 0 Å². The smallest absolute Gasteiger partial charge is 0.242 e. The van der Waals surface area contributed by atoms with E-state index in [0.29, 0.717) is 25.9 Å². The van der Waals surface area contributed by atoms with E-state index in [0.717, 1.165) is 0 Å². The molecule has 2 heterocycles. The summed E-state index contributed by atoms with van der Waals surface area (Å²) in [6, 6.07) is 3.45. The molecule has 0 aromatic carbocycles. The Labute approximate surface area is 121 Å². The molecule has 0 unspecified atom stereocenters. The van der Waals surface area contributed by atoms with Crippen molar-refractivity contribution in [2.75, 3.05) is 13.1 Å². The Kier molecular flexibility index (Phi) is 4.31. The zero-order valence-electron chi connectivity index (χ0n) is 9.88. The molecular formula is C11H11Cl2N3O2S. The topological polar surface area (TPSA) is 74.1 Å². The third kappa shape index (κ3) is 3.00. The largest absolute Gasteiger partial charge is 0.244 e. The van der Waals surface area contributed by atoms with E-state index in [9.17, 15) is 8.42 Å². The summed E-state index contributed by atoms with van der Waals surface area (Å²) < 4.78 is 26.0. The van der Waals surface area contributed by atoms with Crippen molar-refractivity contribution < 1.29 is 8.42 Å². The fourth-order valence-corrected chi connectivity index (χ4v) is 3.70. The molecule has 1 saturated heterocycles. The summed E-state index contributed by atoms with van der Waals surface area (Å²) in [5.41, 5.74) is 0. The number of rotatable bonds is 2. The second kappa shape index (κ2) is 5.63. The van der Waals surface area contributed by atoms with E-state index in [1.165, 1.54) is 16.6 Å². The van der Waals surface area contributed by atoms with E-state index in [-0.39, 0.29) is 21.0 Å². The van der Waals surface area contributed by atoms with Gasteiger partial charge < -0.3 is 0 Å². The van der Waals surface area contributed by atoms with E-state index in [2.05, 4.69) is 11.1 Å². The van der Waals surface area contributed by atoms with Crippen LogP contribution >= 0.6 is 23.2 Å². The van der Waals surface area contributed by atoms with E-state index < -0.39 is 10.0 Å². The van der Waals surface area contributed by atoms with Gasteiger partial charge in [0.15, 0.2) is 0 Å². The van der Waals surface area contributed by atoms with Crippen molar-refractivity contribution in [1.29, 1.82) is 5.26 Å². The van der Waals surface area contributed by atoms with Gasteiger partial charge in [0.05, 0.1) is 11.1 Å². The number of piperidine rings is 1. The molecule has 19 heavy (non-hydrogen) atoms. The first-order valence-electron chi connectivity index (χ1n) is 5.66. The summed E-state index contributed by atoms with van der Waals surface area (Å²) >= 11 is 11.5. The van der Waals surface area contributed by atoms with Gasteiger partial charge in [0.2, 0.25) is 10.0 Å². The number of sulfonamides is 1. The van der Waals surface area contributed by atoms with Crippen LogP contribution in [0.1, 0.15) is 12.8 Å². The molecule has 0 radical (unpaired) electrons. The van der Waals surface area contributed by atoms with Gasteiger partial charge in [-0.2, -0.15) is 9.57 Å². The van der Waals surface area contributed by atoms with Crippen LogP contribution in [0.25, 0.3) is 0 Å². The minimum Gasteiger partial charge on any atom is -0.242 e. The first-order valence-corrected chi connectivity index (χ1v) is 7.85. The Balaban J connectivity index is 2.23. The molecule has 1 aliphatic heterocycles. The second-order valence-electron chi connectivity index (χ2n) is 4.25. The third-order valence-electron chi connectivity index (χ3n) is 3.05. The average Bonchev–Trinajstić information content (AvgIpc) is 2.41. The molecule has 0 aliphatic carbocycles. The van der Waals surface area contributed by atoms with Crippen LogP contribution < -0.4 is 0 Å². The lowest BCUT2D eigenvalue weighted by atomic mass is 10.0. The van der Waals surface area contributed by atoms with Gasteiger partial charge in [-0.3, -0.25) is 0 Å². The number of hydrogen-bond acceptors (Lipinski definition) is 4. The average molecular weight is 320 g/mol. The monoisotopic (exact) mass is 319 g/mol. The maximum atomic E-state index is 12.3. The maximum Gasteiger partial charge on any atom is 0.244 e. The van der Waals surface area contributed by atoms with E-state index in [4.69, 9.17) is 28.5 Å². The summed E-state index contributed by atoms with van der Waals surface area (Å²) in [5.74, 6) is -0.0709. The molecule has 1 aromatic heterocycles. The number of nitriles is 1. The number of nitrogens with zero attached hydrogens (tertiary/aromatic N) is 3. The van der Waals surface area contributed by atoms with Crippen LogP contribution in [-0.4, -0.2) is 30.8 Å². The number of halogens is 2. The van der Waals surface area contributed by atoms with Crippen LogP contribution in [-0.2, 0) is 10.0 Å². The van der Waals surface area contributed by atoms with Crippen LogP contribution in [0.4, 0.5) is 0 Å². The zero-order chi connectivity index (χ0) is 14.0. The van der Waals surface area contributed by atoms with E-state index in [1.807, 2.05) is 0 Å². The van der Waals surface area contributed by atoms with Crippen molar-refractivity contribution in [3.63, 3.8) is 0 Å². The Morgan fingerprint density at radius 3 is 2.53 bits per heavy atom. The van der Waals surface area contributed by atoms with Crippen molar-refractivity contribution in [2.24, 2.45) is 5.92 Å². The first kappa shape index (κ1) is 14.5. The van der Waals surface area contributed by atoms with Gasteiger partial charge in [-0.25, -0.2) is 13.4 Å². The molecule has 1 aromatic rings. The van der Waals surface area contributed by atoms with Gasteiger partial charge in [0, 0.05) is 25.2 Å². The lowest BCUT2D eigenvalue weighted by Gasteiger charge is -2.28. The lowest BCUT2D eigenvalue weighted by molar-refractivity contribution is 0.310. The Morgan fingerprint density at radius 2 is 2.00 bits per heavy atom. The highest BCUT2D eigenvalue weighted by Crippen LogP contribution is 2.26. The first-order chi connectivity index (χ1) is 8.95. The number of hydrogen-bond donors (Lipinski definition) is 0. The normalized spacial score (nSPS) is 18.2. The molecule has 0 saturated carbocycles. The molecule has 0 amide bonds. The summed E-state index contributed by atoms with van der Waals surface area (Å²) in [6.07, 6.45) is 2.29. The Morgan fingerprint density at radius 1 is 1.37 bits per heavy atom. The van der Waals surface area contributed by atoms with Gasteiger partial charge in [-0.15, -0.1) is 0 Å². The van der Waals surface area contributed by atoms with E-state index >= 15 is 0 Å². The fraction of sp³-hybridized carbons (Fsp3) is 0.455. The Bertz CT molecular complexity index is 619. The molecule has 1 fully saturated rings. The number of pyridine rings is 1. The third-order valence-corrected chi connectivity index (χ3v) is 5.60. The summed E-state index contributed by atoms with van der Waals surface area (Å²) in [7, 11) is -3.61. The van der Waals surface area contributed by atoms with Crippen LogP contribution in [0.2, 0.25) is 10.2 Å². The lowest BCUT2D eigenvalue weighted by Crippen LogP contribution is -2.38. The van der Waals surface area contributed by atoms with Crippen molar-refractivity contribution >= 4 is 33.2 Å². The molecule has 0 N–H and O–H groups in total. The minimum absolute atomic E-state index is 0.0253. The summed E-state index contributed by atoms with van der Waals surface area (Å²) in [6.45, 7) is 0.668. The summed E-state index contributed by atoms with van der Waals surface area (Å²) in [4.78, 5) is 3.77. The second-order valence-corrected chi connectivity index (χ2v) is 6.95. The zero-order valence-corrected chi connectivity index (χ0v) is 12.2. The van der Waals surface area contributed by atoms with Crippen LogP contribution in [0.15, 0.2) is 17.2 Å². The molecule has 1 aliphatic rings. The molecule has 0 atom stereocenters. The highest BCUT2D eigenvalue weighted by molar-refractivity contribution is 7.89. The summed E-state index contributed by atoms with van der Waals surface area (Å²) in [5, 5.41) is 8.98. The SMILES string of the molecule is N#CC1CCN(S(=O)(=O)c2cnc(Cl)c(Cl)c2)CC1.